The highest BCUT2D eigenvalue weighted by Crippen LogP contribution is 2.36. The molecule has 4 nitrogen and oxygen atoms in total. The molecule has 3 heterocycles. The van der Waals surface area contributed by atoms with Crippen molar-refractivity contribution in [1.82, 2.24) is 18.7 Å². The van der Waals surface area contributed by atoms with Crippen LogP contribution in [0.2, 0.25) is 0 Å². The van der Waals surface area contributed by atoms with Crippen LogP contribution in [0.1, 0.15) is 0 Å². The number of aromatic nitrogens is 4. The fourth-order valence-corrected chi connectivity index (χ4v) is 6.53. The number of hydrogen-bond acceptors (Lipinski definition) is 1. The van der Waals surface area contributed by atoms with E-state index in [1.54, 1.807) is 0 Å². The Morgan fingerprint density at radius 1 is 0.341 bits per heavy atom. The lowest BCUT2D eigenvalue weighted by molar-refractivity contribution is 0.953. The summed E-state index contributed by atoms with van der Waals surface area (Å²) in [6.45, 7) is 0. The molecule has 0 saturated carbocycles. The van der Waals surface area contributed by atoms with Gasteiger partial charge in [-0.15, -0.1) is 0 Å². The van der Waals surface area contributed by atoms with Gasteiger partial charge < -0.3 is 4.57 Å². The first-order valence-corrected chi connectivity index (χ1v) is 13.9. The lowest BCUT2D eigenvalue weighted by Crippen LogP contribution is -2.06. The zero-order valence-corrected chi connectivity index (χ0v) is 22.1. The van der Waals surface area contributed by atoms with Crippen molar-refractivity contribution in [2.75, 3.05) is 0 Å². The molecular weight excluding hydrogens is 500 g/mol. The second kappa shape index (κ2) is 8.44. The lowest BCUT2D eigenvalue weighted by Gasteiger charge is -2.15. The van der Waals surface area contributed by atoms with E-state index in [1.165, 1.54) is 32.6 Å². The molecule has 4 heteroatoms. The maximum atomic E-state index is 5.24. The molecule has 0 N–H and O–H groups in total. The molecular formula is C37H24N4. The molecule has 192 valence electrons. The third kappa shape index (κ3) is 3.13. The third-order valence-corrected chi connectivity index (χ3v) is 8.25. The Morgan fingerprint density at radius 2 is 0.756 bits per heavy atom. The first-order chi connectivity index (χ1) is 20.4. The smallest absolute Gasteiger partial charge is 0.220 e. The van der Waals surface area contributed by atoms with Crippen molar-refractivity contribution in [1.29, 1.82) is 0 Å². The van der Waals surface area contributed by atoms with Crippen LogP contribution in [0.4, 0.5) is 0 Å². The average Bonchev–Trinajstić information content (AvgIpc) is 3.69. The topological polar surface area (TPSA) is 27.7 Å². The molecule has 3 aromatic heterocycles. The molecule has 0 unspecified atom stereocenters. The second-order valence-electron chi connectivity index (χ2n) is 10.5. The van der Waals surface area contributed by atoms with E-state index in [2.05, 4.69) is 159 Å². The van der Waals surface area contributed by atoms with E-state index in [0.717, 1.165) is 39.4 Å². The molecule has 0 amide bonds. The van der Waals surface area contributed by atoms with Crippen molar-refractivity contribution in [2.45, 2.75) is 0 Å². The minimum atomic E-state index is 0.878. The summed E-state index contributed by atoms with van der Waals surface area (Å²) in [4.78, 5) is 5.24. The van der Waals surface area contributed by atoms with Crippen LogP contribution in [-0.4, -0.2) is 18.7 Å². The SMILES string of the molecule is c1cc(-n2c(-n3c4ccccc4c4ccccc43)nc3ccccc32)cc(-n2c3ccccc3c3ccccc32)c1. The molecule has 0 aliphatic heterocycles. The Bertz CT molecular complexity index is 2330. The van der Waals surface area contributed by atoms with Crippen LogP contribution in [0, 0.1) is 0 Å². The van der Waals surface area contributed by atoms with Gasteiger partial charge in [-0.1, -0.05) is 91.0 Å². The molecule has 41 heavy (non-hydrogen) atoms. The van der Waals surface area contributed by atoms with Gasteiger partial charge in [-0.2, -0.15) is 0 Å². The molecule has 0 aliphatic rings. The summed E-state index contributed by atoms with van der Waals surface area (Å²) < 4.78 is 6.97. The fraction of sp³-hybridized carbons (Fsp3) is 0. The maximum Gasteiger partial charge on any atom is 0.220 e. The predicted octanol–water partition coefficient (Wildman–Crippen LogP) is 9.22. The zero-order chi connectivity index (χ0) is 26.9. The van der Waals surface area contributed by atoms with Gasteiger partial charge in [0.15, 0.2) is 0 Å². The van der Waals surface area contributed by atoms with Gasteiger partial charge >= 0.3 is 0 Å². The molecule has 0 fully saturated rings. The lowest BCUT2D eigenvalue weighted by atomic mass is 10.2. The van der Waals surface area contributed by atoms with Crippen molar-refractivity contribution in [3.63, 3.8) is 0 Å². The molecule has 6 aromatic carbocycles. The number of imidazole rings is 1. The summed E-state index contributed by atoms with van der Waals surface area (Å²) >= 11 is 0. The number of para-hydroxylation sites is 6. The van der Waals surface area contributed by atoms with E-state index in [-0.39, 0.29) is 0 Å². The normalized spacial score (nSPS) is 11.9. The van der Waals surface area contributed by atoms with Gasteiger partial charge in [-0.05, 0) is 54.6 Å². The van der Waals surface area contributed by atoms with Gasteiger partial charge in [0.2, 0.25) is 5.95 Å². The summed E-state index contributed by atoms with van der Waals surface area (Å²) in [5, 5.41) is 4.96. The number of benzene rings is 6. The van der Waals surface area contributed by atoms with Crippen LogP contribution in [-0.2, 0) is 0 Å². The molecule has 0 saturated heterocycles. The summed E-state index contributed by atoms with van der Waals surface area (Å²) in [6.07, 6.45) is 0. The van der Waals surface area contributed by atoms with E-state index in [0.29, 0.717) is 0 Å². The van der Waals surface area contributed by atoms with Crippen molar-refractivity contribution in [2.24, 2.45) is 0 Å². The van der Waals surface area contributed by atoms with Crippen molar-refractivity contribution in [3.8, 4) is 17.3 Å². The molecule has 0 atom stereocenters. The molecule has 0 spiro atoms. The standard InChI is InChI=1S/C37H24N4/c1-6-19-32-27(14-1)28-15-2-7-20-33(28)39(32)25-12-11-13-26(24-25)40-36-23-10-5-18-31(36)38-37(40)41-34-21-8-3-16-29(34)30-17-4-9-22-35(30)41/h1-24H. The predicted molar refractivity (Wildman–Crippen MR) is 170 cm³/mol. The van der Waals surface area contributed by atoms with Gasteiger partial charge in [-0.3, -0.25) is 9.13 Å². The Balaban J connectivity index is 1.36. The highest BCUT2D eigenvalue weighted by atomic mass is 15.2. The van der Waals surface area contributed by atoms with Crippen LogP contribution in [0.15, 0.2) is 146 Å². The summed E-state index contributed by atoms with van der Waals surface area (Å²) in [5.41, 5.74) is 8.90. The van der Waals surface area contributed by atoms with Crippen LogP contribution in [0.25, 0.3) is 72.0 Å². The van der Waals surface area contributed by atoms with Gasteiger partial charge in [0.25, 0.3) is 0 Å². The minimum Gasteiger partial charge on any atom is -0.309 e. The van der Waals surface area contributed by atoms with E-state index in [4.69, 9.17) is 4.98 Å². The quantitative estimate of drug-likeness (QED) is 0.226. The zero-order valence-electron chi connectivity index (χ0n) is 22.1. The Labute approximate surface area is 235 Å². The van der Waals surface area contributed by atoms with Crippen molar-refractivity contribution < 1.29 is 0 Å². The van der Waals surface area contributed by atoms with Gasteiger partial charge in [-0.25, -0.2) is 4.98 Å². The molecule has 9 rings (SSSR count). The van der Waals surface area contributed by atoms with Crippen molar-refractivity contribution in [3.05, 3.63) is 146 Å². The fourth-order valence-electron chi connectivity index (χ4n) is 6.53. The molecule has 0 radical (unpaired) electrons. The van der Waals surface area contributed by atoms with Gasteiger partial charge in [0, 0.05) is 27.2 Å². The Hall–Kier alpha value is -5.61. The Morgan fingerprint density at radius 3 is 1.29 bits per heavy atom. The number of hydrogen-bond donors (Lipinski definition) is 0. The second-order valence-corrected chi connectivity index (χ2v) is 10.5. The van der Waals surface area contributed by atoms with Crippen LogP contribution in [0.3, 0.4) is 0 Å². The highest BCUT2D eigenvalue weighted by Gasteiger charge is 2.20. The van der Waals surface area contributed by atoms with E-state index < -0.39 is 0 Å². The Kier molecular flexibility index (Phi) is 4.58. The maximum absolute atomic E-state index is 5.24. The van der Waals surface area contributed by atoms with E-state index in [1.807, 2.05) is 0 Å². The highest BCUT2D eigenvalue weighted by molar-refractivity contribution is 6.10. The van der Waals surface area contributed by atoms with Crippen molar-refractivity contribution >= 4 is 54.6 Å². The number of nitrogens with zero attached hydrogens (tertiary/aromatic N) is 4. The average molecular weight is 525 g/mol. The monoisotopic (exact) mass is 524 g/mol. The summed E-state index contributed by atoms with van der Waals surface area (Å²) in [6, 6.07) is 51.7. The number of fused-ring (bicyclic) bond motifs is 7. The first-order valence-electron chi connectivity index (χ1n) is 13.9. The van der Waals surface area contributed by atoms with E-state index >= 15 is 0 Å². The molecule has 0 aliphatic carbocycles. The van der Waals surface area contributed by atoms with Crippen LogP contribution >= 0.6 is 0 Å². The first kappa shape index (κ1) is 22.2. The summed E-state index contributed by atoms with van der Waals surface area (Å²) in [7, 11) is 0. The summed E-state index contributed by atoms with van der Waals surface area (Å²) in [5.74, 6) is 0.878. The number of rotatable bonds is 3. The van der Waals surface area contributed by atoms with Crippen LogP contribution in [0.5, 0.6) is 0 Å². The van der Waals surface area contributed by atoms with E-state index in [9.17, 15) is 0 Å². The molecule has 9 aromatic rings. The van der Waals surface area contributed by atoms with Gasteiger partial charge in [0.1, 0.15) is 0 Å². The third-order valence-electron chi connectivity index (χ3n) is 8.25. The van der Waals surface area contributed by atoms with Gasteiger partial charge in [0.05, 0.1) is 38.8 Å². The largest absolute Gasteiger partial charge is 0.309 e. The minimum absolute atomic E-state index is 0.878. The van der Waals surface area contributed by atoms with Crippen LogP contribution < -0.4 is 0 Å². The molecule has 0 bridgehead atoms.